The van der Waals surface area contributed by atoms with Gasteiger partial charge in [-0.3, -0.25) is 0 Å². The zero-order valence-corrected chi connectivity index (χ0v) is 31.1. The fourth-order valence-electron chi connectivity index (χ4n) is 5.88. The number of hydrogen-bond donors (Lipinski definition) is 2. The fourth-order valence-corrected chi connectivity index (χ4v) is 8.17. The Morgan fingerprint density at radius 2 is 1.35 bits per heavy atom. The molecule has 2 fully saturated rings. The van der Waals surface area contributed by atoms with Gasteiger partial charge in [-0.15, -0.1) is 22.7 Å². The van der Waals surface area contributed by atoms with Gasteiger partial charge in [0.2, 0.25) is 0 Å². The molecular weight excluding hydrogens is 634 g/mol. The number of thiazole rings is 2. The van der Waals surface area contributed by atoms with E-state index in [-0.39, 0.29) is 22.4 Å². The maximum Gasteiger partial charge on any atom is 0.140 e. The molecule has 0 spiro atoms. The van der Waals surface area contributed by atoms with E-state index in [0.717, 1.165) is 74.9 Å². The Bertz CT molecular complexity index is 1910. The number of aryl methyl sites for hydroxylation is 3. The molecule has 48 heavy (non-hydrogen) atoms. The van der Waals surface area contributed by atoms with Gasteiger partial charge in [0.1, 0.15) is 32.5 Å². The number of aromatic nitrogens is 6. The number of fused-ring (bicyclic) bond motifs is 2. The van der Waals surface area contributed by atoms with Crippen LogP contribution < -0.4 is 0 Å². The molecule has 250 valence electrons. The minimum Gasteiger partial charge on any atom is -0.383 e. The van der Waals surface area contributed by atoms with E-state index >= 15 is 0 Å². The third kappa shape index (κ3) is 7.18. The highest BCUT2D eigenvalue weighted by Gasteiger charge is 2.42. The molecule has 0 atom stereocenters. The number of pyridine rings is 2. The maximum atomic E-state index is 10.4. The van der Waals surface area contributed by atoms with Gasteiger partial charge in [-0.1, -0.05) is 27.7 Å². The monoisotopic (exact) mass is 680 g/mol. The number of methoxy groups -OCH3 is 1. The van der Waals surface area contributed by atoms with E-state index in [1.54, 1.807) is 29.8 Å². The van der Waals surface area contributed by atoms with E-state index < -0.39 is 5.60 Å². The van der Waals surface area contributed by atoms with Crippen LogP contribution in [-0.4, -0.2) is 58.5 Å². The molecule has 6 aromatic heterocycles. The molecule has 2 aliphatic carbocycles. The van der Waals surface area contributed by atoms with E-state index in [0.29, 0.717) is 0 Å². The Morgan fingerprint density at radius 1 is 0.792 bits per heavy atom. The fraction of sp³-hybridized carbons (Fsp3) is 0.444. The molecule has 8 rings (SSSR count). The zero-order valence-electron chi connectivity index (χ0n) is 29.4. The second-order valence-corrected chi connectivity index (χ2v) is 13.6. The first-order valence-electron chi connectivity index (χ1n) is 16.4. The van der Waals surface area contributed by atoms with Crippen LogP contribution in [-0.2, 0) is 23.0 Å². The van der Waals surface area contributed by atoms with Gasteiger partial charge in [-0.2, -0.15) is 0 Å². The molecule has 0 bridgehead atoms. The van der Waals surface area contributed by atoms with Crippen molar-refractivity contribution in [2.75, 3.05) is 7.11 Å². The van der Waals surface area contributed by atoms with Crippen LogP contribution in [0.1, 0.15) is 87.6 Å². The number of hydrogen-bond acceptors (Lipinski definition) is 8. The van der Waals surface area contributed by atoms with Crippen molar-refractivity contribution in [1.82, 2.24) is 29.5 Å². The molecule has 0 amide bonds. The van der Waals surface area contributed by atoms with Gasteiger partial charge in [-0.25, -0.2) is 19.9 Å². The molecule has 6 aromatic rings. The summed E-state index contributed by atoms with van der Waals surface area (Å²) in [6, 6.07) is 8.40. The Kier molecular flexibility index (Phi) is 13.4. The quantitative estimate of drug-likeness (QED) is 0.177. The van der Waals surface area contributed by atoms with E-state index in [2.05, 4.69) is 61.7 Å². The van der Waals surface area contributed by atoms with Crippen LogP contribution in [0.25, 0.3) is 42.9 Å². The SMILES string of the molecule is CC.CC.COC1(c2ncc(-c3ccnc4c3cc(C)n4C)s2)CCC1.Cc1cc2c(-c3cnc(C4(O)CCC4)s3)ccnc2[nH]1.[B].[B]. The summed E-state index contributed by atoms with van der Waals surface area (Å²) in [7, 11) is 3.85. The van der Waals surface area contributed by atoms with Gasteiger partial charge in [0, 0.05) is 89.1 Å². The second-order valence-electron chi connectivity index (χ2n) is 11.5. The van der Waals surface area contributed by atoms with Gasteiger partial charge < -0.3 is 19.4 Å². The van der Waals surface area contributed by atoms with Crippen LogP contribution in [0, 0.1) is 13.8 Å². The molecular formula is C36H46B2N6O2S2. The predicted octanol–water partition coefficient (Wildman–Crippen LogP) is 8.69. The molecule has 8 nitrogen and oxygen atoms in total. The molecule has 0 aliphatic heterocycles. The van der Waals surface area contributed by atoms with Crippen LogP contribution in [0.2, 0.25) is 0 Å². The number of H-pyrrole nitrogens is 1. The molecule has 12 heteroatoms. The highest BCUT2D eigenvalue weighted by atomic mass is 32.1. The lowest BCUT2D eigenvalue weighted by Crippen LogP contribution is -2.35. The summed E-state index contributed by atoms with van der Waals surface area (Å²) < 4.78 is 7.88. The number of aromatic amines is 1. The van der Waals surface area contributed by atoms with Gasteiger partial charge in [0.05, 0.1) is 9.75 Å². The van der Waals surface area contributed by atoms with E-state index in [4.69, 9.17) is 4.74 Å². The molecule has 6 heterocycles. The lowest BCUT2D eigenvalue weighted by Gasteiger charge is -2.38. The average molecular weight is 681 g/mol. The average Bonchev–Trinajstić information content (AvgIpc) is 3.85. The van der Waals surface area contributed by atoms with Crippen molar-refractivity contribution < 1.29 is 9.84 Å². The van der Waals surface area contributed by atoms with E-state index in [1.165, 1.54) is 27.9 Å². The zero-order chi connectivity index (χ0) is 33.1. The molecule has 2 saturated carbocycles. The second kappa shape index (κ2) is 16.4. The summed E-state index contributed by atoms with van der Waals surface area (Å²) >= 11 is 3.34. The smallest absolute Gasteiger partial charge is 0.140 e. The van der Waals surface area contributed by atoms with Crippen LogP contribution in [0.15, 0.2) is 49.1 Å². The van der Waals surface area contributed by atoms with Crippen molar-refractivity contribution in [2.45, 2.75) is 91.3 Å². The Hall–Kier alpha value is -3.31. The number of ether oxygens (including phenoxy) is 1. The normalized spacial score (nSPS) is 15.2. The third-order valence-corrected chi connectivity index (χ3v) is 11.3. The standard InChI is InChI=1S/C17H19N3OS.C15H15N3OS.2C2H6.2B/c1-11-9-13-12(5-8-18-15(13)20(11)2)14-10-19-16(22-14)17(21-3)6-4-7-17;1-9-7-11-10(3-6-16-13(11)18-9)12-8-17-14(20-12)15(19)4-2-5-15;2*1-2;;/h5,8-10H,4,6-7H2,1-3H3;3,6-8,19H,2,4-5H2,1H3,(H,16,18);2*1-2H3;;. The van der Waals surface area contributed by atoms with Gasteiger partial charge in [0.15, 0.2) is 0 Å². The number of rotatable bonds is 5. The molecule has 0 aromatic carbocycles. The van der Waals surface area contributed by atoms with Gasteiger partial charge >= 0.3 is 0 Å². The van der Waals surface area contributed by atoms with Gasteiger partial charge in [0.25, 0.3) is 0 Å². The molecule has 6 radical (unpaired) electrons. The van der Waals surface area contributed by atoms with Crippen LogP contribution in [0.4, 0.5) is 0 Å². The van der Waals surface area contributed by atoms with Crippen LogP contribution in [0.3, 0.4) is 0 Å². The first-order chi connectivity index (χ1) is 22.3. The van der Waals surface area contributed by atoms with Crippen molar-refractivity contribution in [3.05, 3.63) is 70.5 Å². The molecule has 0 saturated heterocycles. The third-order valence-electron chi connectivity index (χ3n) is 8.90. The molecule has 2 N–H and O–H groups in total. The Labute approximate surface area is 296 Å². The number of nitrogens with one attached hydrogen (secondary N) is 1. The van der Waals surface area contributed by atoms with E-state index in [9.17, 15) is 5.11 Å². The summed E-state index contributed by atoms with van der Waals surface area (Å²) in [6.45, 7) is 12.1. The van der Waals surface area contributed by atoms with Crippen molar-refractivity contribution in [1.29, 1.82) is 0 Å². The minimum atomic E-state index is -0.677. The first-order valence-corrected chi connectivity index (χ1v) is 18.0. The summed E-state index contributed by atoms with van der Waals surface area (Å²) in [5.74, 6) is 0. The largest absolute Gasteiger partial charge is 0.383 e. The van der Waals surface area contributed by atoms with Crippen LogP contribution >= 0.6 is 22.7 Å². The lowest BCUT2D eigenvalue weighted by atomic mass is 9.80. The van der Waals surface area contributed by atoms with Crippen molar-refractivity contribution in [3.63, 3.8) is 0 Å². The maximum absolute atomic E-state index is 10.4. The van der Waals surface area contributed by atoms with E-state index in [1.807, 2.05) is 65.5 Å². The van der Waals surface area contributed by atoms with Crippen molar-refractivity contribution in [3.8, 4) is 20.9 Å². The highest BCUT2D eigenvalue weighted by Crippen LogP contribution is 2.47. The molecule has 0 unspecified atom stereocenters. The van der Waals surface area contributed by atoms with Crippen molar-refractivity contribution >= 4 is 61.6 Å². The summed E-state index contributed by atoms with van der Waals surface area (Å²) in [4.78, 5) is 23.5. The Morgan fingerprint density at radius 3 is 1.92 bits per heavy atom. The summed E-state index contributed by atoms with van der Waals surface area (Å²) in [5, 5.41) is 14.6. The van der Waals surface area contributed by atoms with Crippen molar-refractivity contribution in [2.24, 2.45) is 7.05 Å². The Balaban J connectivity index is 0.000000228. The highest BCUT2D eigenvalue weighted by molar-refractivity contribution is 7.15. The topological polar surface area (TPSA) is 102 Å². The summed E-state index contributed by atoms with van der Waals surface area (Å²) in [6.07, 6.45) is 13.7. The predicted molar refractivity (Wildman–Crippen MR) is 203 cm³/mol. The lowest BCUT2D eigenvalue weighted by molar-refractivity contribution is -0.0779. The first kappa shape index (κ1) is 39.1. The number of aliphatic hydroxyl groups is 1. The summed E-state index contributed by atoms with van der Waals surface area (Å²) in [5.41, 5.74) is 5.76. The number of nitrogens with zero attached hydrogens (tertiary/aromatic N) is 5. The minimum absolute atomic E-state index is 0. The van der Waals surface area contributed by atoms with Crippen LogP contribution in [0.5, 0.6) is 0 Å². The van der Waals surface area contributed by atoms with Gasteiger partial charge in [-0.05, 0) is 76.6 Å². The molecule has 2 aliphatic rings.